The molecule has 2 saturated heterocycles. The summed E-state index contributed by atoms with van der Waals surface area (Å²) in [5.41, 5.74) is 1.85. The summed E-state index contributed by atoms with van der Waals surface area (Å²) in [5.74, 6) is -0.249. The number of hydrogen-bond donors (Lipinski definition) is 1. The molecule has 32 heavy (non-hydrogen) atoms. The van der Waals surface area contributed by atoms with Crippen LogP contribution in [0.2, 0.25) is 0 Å². The lowest BCUT2D eigenvalue weighted by Gasteiger charge is -2.19. The van der Waals surface area contributed by atoms with E-state index >= 15 is 0 Å². The number of aryl methyl sites for hydroxylation is 1. The van der Waals surface area contributed by atoms with Gasteiger partial charge in [0.25, 0.3) is 0 Å². The second kappa shape index (κ2) is 7.55. The van der Waals surface area contributed by atoms with Gasteiger partial charge in [0.05, 0.1) is 29.6 Å². The van der Waals surface area contributed by atoms with Gasteiger partial charge in [-0.2, -0.15) is 0 Å². The molecule has 5 nitrogen and oxygen atoms in total. The molecular formula is C24H21F3O5. The second-order valence-electron chi connectivity index (χ2n) is 8.26. The van der Waals surface area contributed by atoms with Crippen molar-refractivity contribution >= 4 is 11.4 Å². The molecule has 2 fully saturated rings. The van der Waals surface area contributed by atoms with Crippen molar-refractivity contribution in [1.29, 1.82) is 0 Å². The fraction of sp³-hybridized carbons (Fsp3) is 0.375. The summed E-state index contributed by atoms with van der Waals surface area (Å²) < 4.78 is 52.5. The van der Waals surface area contributed by atoms with E-state index in [2.05, 4.69) is 4.74 Å². The minimum Gasteiger partial charge on any atom is -0.511 e. The summed E-state index contributed by atoms with van der Waals surface area (Å²) in [5, 5.41) is 11.0. The van der Waals surface area contributed by atoms with Crippen molar-refractivity contribution in [3.05, 3.63) is 59.4 Å². The molecule has 1 aliphatic carbocycles. The number of ketones is 1. The largest absolute Gasteiger partial charge is 0.573 e. The molecule has 0 unspecified atom stereocenters. The number of halogens is 3. The fourth-order valence-electron chi connectivity index (χ4n) is 5.09. The Bertz CT molecular complexity index is 1090. The lowest BCUT2D eigenvalue weighted by molar-refractivity contribution is -0.274. The molecule has 2 aromatic carbocycles. The topological polar surface area (TPSA) is 65.0 Å². The monoisotopic (exact) mass is 446 g/mol. The van der Waals surface area contributed by atoms with Gasteiger partial charge in [-0.05, 0) is 66.8 Å². The van der Waals surface area contributed by atoms with Gasteiger partial charge in [0.1, 0.15) is 23.0 Å². The van der Waals surface area contributed by atoms with Crippen LogP contribution in [0.15, 0.2) is 48.2 Å². The number of alkyl halides is 3. The molecule has 8 heteroatoms. The Kier molecular flexibility index (Phi) is 4.93. The Morgan fingerprint density at radius 2 is 1.62 bits per heavy atom. The quantitative estimate of drug-likeness (QED) is 0.649. The van der Waals surface area contributed by atoms with E-state index in [0.29, 0.717) is 29.1 Å². The van der Waals surface area contributed by atoms with Gasteiger partial charge in [0.15, 0.2) is 5.78 Å². The van der Waals surface area contributed by atoms with Gasteiger partial charge in [-0.15, -0.1) is 13.2 Å². The Labute approximate surface area is 182 Å². The third-order valence-corrected chi connectivity index (χ3v) is 6.42. The van der Waals surface area contributed by atoms with Crippen LogP contribution in [0.1, 0.15) is 30.9 Å². The number of ether oxygens (including phenoxy) is 3. The molecule has 2 aromatic rings. The van der Waals surface area contributed by atoms with Crippen LogP contribution in [0.4, 0.5) is 13.2 Å². The predicted octanol–water partition coefficient (Wildman–Crippen LogP) is 5.59. The minimum atomic E-state index is -4.76. The highest BCUT2D eigenvalue weighted by atomic mass is 19.4. The molecule has 2 aliphatic heterocycles. The number of Topliss-reactive ketones (excluding diaryl/α,β-unsaturated/α-hetero) is 1. The lowest BCUT2D eigenvalue weighted by Crippen LogP contribution is -2.29. The zero-order chi connectivity index (χ0) is 22.6. The van der Waals surface area contributed by atoms with Crippen LogP contribution in [-0.2, 0) is 16.0 Å². The van der Waals surface area contributed by atoms with Crippen molar-refractivity contribution in [3.8, 4) is 17.2 Å². The van der Waals surface area contributed by atoms with Gasteiger partial charge in [-0.25, -0.2) is 0 Å². The first kappa shape index (κ1) is 20.9. The van der Waals surface area contributed by atoms with E-state index in [-0.39, 0.29) is 41.3 Å². The van der Waals surface area contributed by atoms with E-state index in [1.807, 2.05) is 13.0 Å². The van der Waals surface area contributed by atoms with Gasteiger partial charge in [0, 0.05) is 0 Å². The molecule has 0 aromatic heterocycles. The van der Waals surface area contributed by atoms with Crippen molar-refractivity contribution in [1.82, 2.24) is 0 Å². The molecule has 168 valence electrons. The number of benzene rings is 2. The predicted molar refractivity (Wildman–Crippen MR) is 108 cm³/mol. The molecule has 0 amide bonds. The van der Waals surface area contributed by atoms with Crippen LogP contribution in [-0.4, -0.2) is 29.5 Å². The summed E-state index contributed by atoms with van der Waals surface area (Å²) in [6, 6.07) is 10.3. The number of carbonyl (C=O) groups excluding carboxylic acids is 1. The fourth-order valence-corrected chi connectivity index (χ4v) is 5.09. The van der Waals surface area contributed by atoms with E-state index in [1.54, 1.807) is 12.1 Å². The van der Waals surface area contributed by atoms with Gasteiger partial charge in [0.2, 0.25) is 0 Å². The average Bonchev–Trinajstić information content (AvgIpc) is 3.42. The van der Waals surface area contributed by atoms with E-state index in [9.17, 15) is 23.1 Å². The van der Waals surface area contributed by atoms with Gasteiger partial charge in [-0.1, -0.05) is 13.0 Å². The van der Waals surface area contributed by atoms with Crippen LogP contribution in [0.5, 0.6) is 17.2 Å². The second-order valence-corrected chi connectivity index (χ2v) is 8.26. The normalized spacial score (nSPS) is 26.6. The molecule has 5 rings (SSSR count). The van der Waals surface area contributed by atoms with E-state index < -0.39 is 6.36 Å². The molecule has 2 bridgehead atoms. The Balaban J connectivity index is 1.43. The third-order valence-electron chi connectivity index (χ3n) is 6.42. The summed E-state index contributed by atoms with van der Waals surface area (Å²) in [6.07, 6.45) is -2.70. The standard InChI is InChI=1S/C24H21F3O5/c1-2-12-3-4-15(30-13-5-7-14(8-6-13)32-24(25,26)27)11-16(12)19-22(28)20-17-9-10-18(31-17)21(20)23(19)29/h3-8,11,17-18,20-21,28H,2,9-10H2,1H3/t17-,18+,20+,21-/m0/s1. The molecule has 3 aliphatic rings. The lowest BCUT2D eigenvalue weighted by atomic mass is 9.80. The van der Waals surface area contributed by atoms with Crippen LogP contribution < -0.4 is 9.47 Å². The van der Waals surface area contributed by atoms with Crippen molar-refractivity contribution in [2.75, 3.05) is 0 Å². The summed E-state index contributed by atoms with van der Waals surface area (Å²) in [6.45, 7) is 1.96. The average molecular weight is 446 g/mol. The first-order valence-corrected chi connectivity index (χ1v) is 10.5. The van der Waals surface area contributed by atoms with Crippen LogP contribution in [0, 0.1) is 11.8 Å². The first-order valence-electron chi connectivity index (χ1n) is 10.5. The van der Waals surface area contributed by atoms with Crippen molar-refractivity contribution < 1.29 is 37.3 Å². The SMILES string of the molecule is CCc1ccc(Oc2ccc(OC(F)(F)F)cc2)cc1C1=C(O)[C@H]2[C@@H](C1=O)[C@H]1CC[C@@H]2O1. The van der Waals surface area contributed by atoms with Gasteiger partial charge >= 0.3 is 6.36 Å². The molecule has 0 radical (unpaired) electrons. The highest BCUT2D eigenvalue weighted by Crippen LogP contribution is 2.54. The van der Waals surface area contributed by atoms with E-state index in [0.717, 1.165) is 30.5 Å². The van der Waals surface area contributed by atoms with E-state index in [4.69, 9.17) is 9.47 Å². The van der Waals surface area contributed by atoms with Gasteiger partial charge < -0.3 is 19.3 Å². The third kappa shape index (κ3) is 3.52. The number of aliphatic hydroxyl groups excluding tert-OH is 1. The molecule has 1 N–H and O–H groups in total. The van der Waals surface area contributed by atoms with Crippen LogP contribution >= 0.6 is 0 Å². The number of hydrogen-bond acceptors (Lipinski definition) is 5. The Morgan fingerprint density at radius 3 is 2.25 bits per heavy atom. The number of rotatable bonds is 5. The summed E-state index contributed by atoms with van der Waals surface area (Å²) in [7, 11) is 0. The number of allylic oxidation sites excluding steroid dienone is 1. The van der Waals surface area contributed by atoms with Crippen LogP contribution in [0.25, 0.3) is 5.57 Å². The van der Waals surface area contributed by atoms with E-state index in [1.165, 1.54) is 12.1 Å². The highest BCUT2D eigenvalue weighted by molar-refractivity contribution is 6.25. The summed E-state index contributed by atoms with van der Waals surface area (Å²) >= 11 is 0. The van der Waals surface area contributed by atoms with Crippen LogP contribution in [0.3, 0.4) is 0 Å². The Morgan fingerprint density at radius 1 is 1.00 bits per heavy atom. The minimum absolute atomic E-state index is 0.0905. The first-order chi connectivity index (χ1) is 15.2. The Hall–Kier alpha value is -3.00. The maximum atomic E-state index is 13.2. The maximum Gasteiger partial charge on any atom is 0.573 e. The molecule has 0 spiro atoms. The van der Waals surface area contributed by atoms with Crippen molar-refractivity contribution in [2.45, 2.75) is 44.8 Å². The van der Waals surface area contributed by atoms with Crippen molar-refractivity contribution in [3.63, 3.8) is 0 Å². The number of fused-ring (bicyclic) bond motifs is 5. The summed E-state index contributed by atoms with van der Waals surface area (Å²) in [4.78, 5) is 13.2. The maximum absolute atomic E-state index is 13.2. The molecular weight excluding hydrogens is 425 g/mol. The molecule has 2 heterocycles. The number of aliphatic hydroxyl groups is 1. The highest BCUT2D eigenvalue weighted by Gasteiger charge is 2.59. The smallest absolute Gasteiger partial charge is 0.511 e. The zero-order valence-corrected chi connectivity index (χ0v) is 17.2. The van der Waals surface area contributed by atoms with Gasteiger partial charge in [-0.3, -0.25) is 4.79 Å². The molecule has 0 saturated carbocycles. The van der Waals surface area contributed by atoms with Crippen molar-refractivity contribution in [2.24, 2.45) is 11.8 Å². The zero-order valence-electron chi connectivity index (χ0n) is 17.2. The number of carbonyl (C=O) groups is 1. The molecule has 4 atom stereocenters.